The van der Waals surface area contributed by atoms with E-state index in [1.54, 1.807) is 0 Å². The molecule has 0 aromatic carbocycles. The fraction of sp³-hybridized carbons (Fsp3) is 0.500. The van der Waals surface area contributed by atoms with Gasteiger partial charge in [0.15, 0.2) is 0 Å². The molecule has 0 aliphatic heterocycles. The number of hydrogen-bond donors (Lipinski definition) is 5. The molecule has 0 aliphatic carbocycles. The Kier molecular flexibility index (Phi) is 4.89. The second-order valence-electron chi connectivity index (χ2n) is 4.34. The largest absolute Gasteiger partial charge is 0.477 e. The lowest BCUT2D eigenvalue weighted by molar-refractivity contribution is 0.0581. The molecule has 0 amide bonds. The number of aliphatic hydroxyl groups is 3. The van der Waals surface area contributed by atoms with Crippen molar-refractivity contribution in [1.82, 2.24) is 9.29 Å². The van der Waals surface area contributed by atoms with E-state index in [1.807, 2.05) is 4.72 Å². The highest BCUT2D eigenvalue weighted by Crippen LogP contribution is 2.16. The van der Waals surface area contributed by atoms with E-state index < -0.39 is 41.4 Å². The van der Waals surface area contributed by atoms with Crippen LogP contribution in [0.3, 0.4) is 0 Å². The van der Waals surface area contributed by atoms with Crippen LogP contribution >= 0.6 is 0 Å². The molecular weight excluding hydrogens is 292 g/mol. The topological polar surface area (TPSA) is 149 Å². The van der Waals surface area contributed by atoms with Crippen LogP contribution in [0.4, 0.5) is 0 Å². The van der Waals surface area contributed by atoms with Crippen LogP contribution in [0.15, 0.2) is 17.2 Å². The molecule has 0 unspecified atom stereocenters. The number of carbonyl (C=O) groups is 1. The van der Waals surface area contributed by atoms with Gasteiger partial charge in [-0.25, -0.2) is 13.2 Å². The zero-order valence-corrected chi connectivity index (χ0v) is 11.5. The Morgan fingerprint density at radius 1 is 1.30 bits per heavy atom. The van der Waals surface area contributed by atoms with E-state index in [-0.39, 0.29) is 10.6 Å². The van der Waals surface area contributed by atoms with Gasteiger partial charge in [-0.05, 0) is 6.07 Å². The number of aryl methyl sites for hydroxylation is 1. The minimum Gasteiger partial charge on any atom is -0.477 e. The van der Waals surface area contributed by atoms with E-state index in [0.29, 0.717) is 0 Å². The highest BCUT2D eigenvalue weighted by Gasteiger charge is 2.34. The lowest BCUT2D eigenvalue weighted by Crippen LogP contribution is -2.56. The average Bonchev–Trinajstić information content (AvgIpc) is 2.79. The van der Waals surface area contributed by atoms with Gasteiger partial charge in [-0.1, -0.05) is 0 Å². The van der Waals surface area contributed by atoms with Crippen LogP contribution in [0.5, 0.6) is 0 Å². The van der Waals surface area contributed by atoms with E-state index in [1.165, 1.54) is 7.05 Å². The first kappa shape index (κ1) is 16.6. The van der Waals surface area contributed by atoms with Gasteiger partial charge < -0.3 is 25.0 Å². The Morgan fingerprint density at radius 2 is 1.80 bits per heavy atom. The molecule has 9 nitrogen and oxygen atoms in total. The molecule has 1 aromatic rings. The minimum absolute atomic E-state index is 0.243. The molecule has 0 bridgehead atoms. The van der Waals surface area contributed by atoms with Gasteiger partial charge in [0.1, 0.15) is 16.1 Å². The predicted molar refractivity (Wildman–Crippen MR) is 66.7 cm³/mol. The average molecular weight is 308 g/mol. The number of aliphatic hydroxyl groups excluding tert-OH is 3. The Labute approximate surface area is 115 Å². The smallest absolute Gasteiger partial charge is 0.352 e. The summed E-state index contributed by atoms with van der Waals surface area (Å²) in [5.41, 5.74) is -2.06. The molecule has 0 aliphatic rings. The Morgan fingerprint density at radius 3 is 2.15 bits per heavy atom. The number of hydrogen-bond acceptors (Lipinski definition) is 6. The van der Waals surface area contributed by atoms with Crippen molar-refractivity contribution in [2.75, 3.05) is 19.8 Å². The molecular formula is C10H16N2O7S. The van der Waals surface area contributed by atoms with Crippen molar-refractivity contribution >= 4 is 16.0 Å². The van der Waals surface area contributed by atoms with Gasteiger partial charge in [0.25, 0.3) is 0 Å². The summed E-state index contributed by atoms with van der Waals surface area (Å²) in [5.74, 6) is -1.30. The fourth-order valence-corrected chi connectivity index (χ4v) is 2.93. The number of nitrogens with one attached hydrogen (secondary N) is 1. The number of sulfonamides is 1. The highest BCUT2D eigenvalue weighted by molar-refractivity contribution is 7.89. The Hall–Kier alpha value is -1.46. The maximum absolute atomic E-state index is 12.1. The normalized spacial score (nSPS) is 12.6. The summed E-state index contributed by atoms with van der Waals surface area (Å²) in [6.45, 7) is -2.46. The van der Waals surface area contributed by atoms with Gasteiger partial charge in [-0.15, -0.1) is 0 Å². The van der Waals surface area contributed by atoms with Gasteiger partial charge in [0.2, 0.25) is 10.0 Å². The first-order chi connectivity index (χ1) is 9.21. The van der Waals surface area contributed by atoms with Gasteiger partial charge in [0.05, 0.1) is 19.8 Å². The maximum atomic E-state index is 12.1. The lowest BCUT2D eigenvalue weighted by atomic mass is 10.1. The zero-order valence-electron chi connectivity index (χ0n) is 10.6. The van der Waals surface area contributed by atoms with E-state index in [0.717, 1.165) is 16.8 Å². The molecule has 10 heteroatoms. The van der Waals surface area contributed by atoms with Crippen LogP contribution in [-0.2, 0) is 17.1 Å². The summed E-state index contributed by atoms with van der Waals surface area (Å²) in [6, 6.07) is 0.932. The molecule has 20 heavy (non-hydrogen) atoms. The first-order valence-corrected chi connectivity index (χ1v) is 6.96. The number of nitrogens with zero attached hydrogens (tertiary/aromatic N) is 1. The third-order valence-corrected chi connectivity index (χ3v) is 4.31. The van der Waals surface area contributed by atoms with E-state index in [2.05, 4.69) is 0 Å². The van der Waals surface area contributed by atoms with Gasteiger partial charge in [0, 0.05) is 13.2 Å². The van der Waals surface area contributed by atoms with Crippen molar-refractivity contribution in [3.8, 4) is 0 Å². The molecule has 0 atom stereocenters. The van der Waals surface area contributed by atoms with Gasteiger partial charge in [-0.3, -0.25) is 0 Å². The van der Waals surface area contributed by atoms with Crippen molar-refractivity contribution in [3.63, 3.8) is 0 Å². The third-order valence-electron chi connectivity index (χ3n) is 2.77. The van der Waals surface area contributed by atoms with Crippen molar-refractivity contribution in [2.45, 2.75) is 10.4 Å². The molecule has 5 N–H and O–H groups in total. The lowest BCUT2D eigenvalue weighted by Gasteiger charge is -2.27. The number of aromatic carboxylic acids is 1. The molecule has 1 aromatic heterocycles. The third kappa shape index (κ3) is 3.16. The summed E-state index contributed by atoms with van der Waals surface area (Å²) in [6.07, 6.45) is 1.07. The first-order valence-electron chi connectivity index (χ1n) is 5.47. The van der Waals surface area contributed by atoms with Crippen molar-refractivity contribution in [1.29, 1.82) is 0 Å². The molecule has 0 saturated carbocycles. The van der Waals surface area contributed by atoms with E-state index in [9.17, 15) is 13.2 Å². The standard InChI is InChI=1S/C10H16N2O7S/c1-12-3-7(2-8(12)9(16)17)20(18,19)11-10(4-13,5-14)6-15/h2-3,11,13-15H,4-6H2,1H3,(H,16,17). The SMILES string of the molecule is Cn1cc(S(=O)(=O)NC(CO)(CO)CO)cc1C(=O)O. The monoisotopic (exact) mass is 308 g/mol. The number of carboxylic acids is 1. The molecule has 114 valence electrons. The molecule has 0 spiro atoms. The van der Waals surface area contributed by atoms with Crippen molar-refractivity contribution < 1.29 is 33.6 Å². The quantitative estimate of drug-likeness (QED) is 0.381. The van der Waals surface area contributed by atoms with Crippen molar-refractivity contribution in [2.24, 2.45) is 7.05 Å². The van der Waals surface area contributed by atoms with Crippen LogP contribution in [0.1, 0.15) is 10.5 Å². The Balaban J connectivity index is 3.17. The van der Waals surface area contributed by atoms with Crippen molar-refractivity contribution in [3.05, 3.63) is 18.0 Å². The van der Waals surface area contributed by atoms with E-state index >= 15 is 0 Å². The molecule has 1 rings (SSSR count). The van der Waals surface area contributed by atoms with Crippen LogP contribution < -0.4 is 4.72 Å². The maximum Gasteiger partial charge on any atom is 0.352 e. The summed E-state index contributed by atoms with van der Waals surface area (Å²) in [4.78, 5) is 10.5. The molecule has 0 radical (unpaired) electrons. The number of aromatic nitrogens is 1. The fourth-order valence-electron chi connectivity index (χ4n) is 1.48. The summed E-state index contributed by atoms with van der Waals surface area (Å²) in [5, 5.41) is 36.1. The second-order valence-corrected chi connectivity index (χ2v) is 6.02. The summed E-state index contributed by atoms with van der Waals surface area (Å²) >= 11 is 0. The van der Waals surface area contributed by atoms with Crippen LogP contribution in [0.2, 0.25) is 0 Å². The van der Waals surface area contributed by atoms with Crippen LogP contribution in [-0.4, -0.2) is 64.7 Å². The number of rotatable bonds is 7. The van der Waals surface area contributed by atoms with Crippen LogP contribution in [0.25, 0.3) is 0 Å². The minimum atomic E-state index is -4.20. The molecule has 0 saturated heterocycles. The highest BCUT2D eigenvalue weighted by atomic mass is 32.2. The zero-order chi connectivity index (χ0) is 15.6. The van der Waals surface area contributed by atoms with Crippen LogP contribution in [0, 0.1) is 0 Å². The van der Waals surface area contributed by atoms with Gasteiger partial charge in [-0.2, -0.15) is 4.72 Å². The predicted octanol–water partition coefficient (Wildman–Crippen LogP) is -2.28. The van der Waals surface area contributed by atoms with E-state index in [4.69, 9.17) is 20.4 Å². The molecule has 1 heterocycles. The summed E-state index contributed by atoms with van der Waals surface area (Å²) in [7, 11) is -2.84. The summed E-state index contributed by atoms with van der Waals surface area (Å²) < 4.78 is 27.2. The molecule has 0 fully saturated rings. The second kappa shape index (κ2) is 5.89. The Bertz CT molecular complexity index is 580. The number of carboxylic acid groups (broad SMARTS) is 1. The van der Waals surface area contributed by atoms with Gasteiger partial charge >= 0.3 is 5.97 Å².